The van der Waals surface area contributed by atoms with Gasteiger partial charge in [-0.3, -0.25) is 4.79 Å². The molecule has 19 heavy (non-hydrogen) atoms. The minimum Gasteiger partial charge on any atom is -0.465 e. The zero-order chi connectivity index (χ0) is 14.6. The summed E-state index contributed by atoms with van der Waals surface area (Å²) in [4.78, 5) is 23.2. The summed E-state index contributed by atoms with van der Waals surface area (Å²) in [5, 5.41) is 0. The van der Waals surface area contributed by atoms with E-state index in [2.05, 4.69) is 4.74 Å². The first-order valence-electron chi connectivity index (χ1n) is 5.81. The molecule has 1 aromatic rings. The largest absolute Gasteiger partial charge is 0.465 e. The molecule has 0 amide bonds. The van der Waals surface area contributed by atoms with Gasteiger partial charge in [-0.25, -0.2) is 9.18 Å². The Balaban J connectivity index is 2.95. The van der Waals surface area contributed by atoms with Gasteiger partial charge in [0.1, 0.15) is 11.4 Å². The van der Waals surface area contributed by atoms with Crippen LogP contribution in [-0.4, -0.2) is 24.6 Å². The molecule has 0 aliphatic rings. The minimum absolute atomic E-state index is 0.0355. The molecule has 104 valence electrons. The lowest BCUT2D eigenvalue weighted by Gasteiger charge is -2.19. The van der Waals surface area contributed by atoms with Crippen molar-refractivity contribution in [3.8, 4) is 0 Å². The Bertz CT molecular complexity index is 489. The van der Waals surface area contributed by atoms with E-state index in [0.29, 0.717) is 5.56 Å². The highest BCUT2D eigenvalue weighted by Crippen LogP contribution is 2.16. The highest BCUT2D eigenvalue weighted by molar-refractivity contribution is 5.92. The van der Waals surface area contributed by atoms with Gasteiger partial charge in [-0.15, -0.1) is 0 Å². The lowest BCUT2D eigenvalue weighted by atomic mass is 10.0. The van der Waals surface area contributed by atoms with Crippen LogP contribution in [0.4, 0.5) is 4.39 Å². The van der Waals surface area contributed by atoms with Gasteiger partial charge >= 0.3 is 11.9 Å². The summed E-state index contributed by atoms with van der Waals surface area (Å²) in [5.41, 5.74) is -0.196. The summed E-state index contributed by atoms with van der Waals surface area (Å²) in [6.45, 7) is 5.24. The van der Waals surface area contributed by atoms with Gasteiger partial charge in [0.05, 0.1) is 19.1 Å². The summed E-state index contributed by atoms with van der Waals surface area (Å²) in [7, 11) is 1.20. The van der Waals surface area contributed by atoms with Crippen LogP contribution < -0.4 is 0 Å². The van der Waals surface area contributed by atoms with Crippen molar-refractivity contribution in [2.45, 2.75) is 32.8 Å². The predicted octanol–water partition coefficient (Wildman–Crippen LogP) is 2.50. The van der Waals surface area contributed by atoms with E-state index < -0.39 is 23.4 Å². The molecular formula is C14H17FO4. The minimum atomic E-state index is -0.682. The monoisotopic (exact) mass is 268 g/mol. The van der Waals surface area contributed by atoms with E-state index in [-0.39, 0.29) is 12.0 Å². The Morgan fingerprint density at radius 2 is 1.89 bits per heavy atom. The van der Waals surface area contributed by atoms with E-state index in [1.165, 1.54) is 19.2 Å². The van der Waals surface area contributed by atoms with E-state index in [1.807, 2.05) is 0 Å². The lowest BCUT2D eigenvalue weighted by molar-refractivity contribution is -0.153. The Labute approximate surface area is 111 Å². The number of carbonyl (C=O) groups excluding carboxylic acids is 2. The van der Waals surface area contributed by atoms with Gasteiger partial charge in [0.15, 0.2) is 0 Å². The summed E-state index contributed by atoms with van der Waals surface area (Å²) < 4.78 is 22.8. The second-order valence-corrected chi connectivity index (χ2v) is 5.06. The molecule has 0 unspecified atom stereocenters. The van der Waals surface area contributed by atoms with E-state index in [4.69, 9.17) is 4.74 Å². The highest BCUT2D eigenvalue weighted by Gasteiger charge is 2.20. The fraction of sp³-hybridized carbons (Fsp3) is 0.429. The number of ether oxygens (including phenoxy) is 2. The molecule has 0 spiro atoms. The van der Waals surface area contributed by atoms with Crippen molar-refractivity contribution in [3.63, 3.8) is 0 Å². The molecule has 0 aliphatic carbocycles. The van der Waals surface area contributed by atoms with Crippen LogP contribution in [0.5, 0.6) is 0 Å². The first-order valence-corrected chi connectivity index (χ1v) is 5.81. The number of benzene rings is 1. The Morgan fingerprint density at radius 3 is 2.42 bits per heavy atom. The normalized spacial score (nSPS) is 11.0. The molecule has 0 fully saturated rings. The third-order valence-electron chi connectivity index (χ3n) is 2.23. The van der Waals surface area contributed by atoms with Crippen molar-refractivity contribution in [3.05, 3.63) is 35.1 Å². The predicted molar refractivity (Wildman–Crippen MR) is 67.3 cm³/mol. The summed E-state index contributed by atoms with van der Waals surface area (Å²) in [5.74, 6) is -1.73. The van der Waals surface area contributed by atoms with Gasteiger partial charge in [0.2, 0.25) is 0 Å². The van der Waals surface area contributed by atoms with Gasteiger partial charge in [0, 0.05) is 0 Å². The van der Waals surface area contributed by atoms with E-state index >= 15 is 0 Å². The van der Waals surface area contributed by atoms with Crippen LogP contribution in [0.25, 0.3) is 0 Å². The van der Waals surface area contributed by atoms with Crippen LogP contribution in [0, 0.1) is 5.82 Å². The summed E-state index contributed by atoms with van der Waals surface area (Å²) in [6.07, 6.45) is -0.109. The number of rotatable bonds is 3. The number of carbonyl (C=O) groups is 2. The maximum atomic E-state index is 13.1. The fourth-order valence-electron chi connectivity index (χ4n) is 1.54. The van der Waals surface area contributed by atoms with Crippen LogP contribution >= 0.6 is 0 Å². The van der Waals surface area contributed by atoms with E-state index in [9.17, 15) is 14.0 Å². The molecular weight excluding hydrogens is 251 g/mol. The van der Waals surface area contributed by atoms with Crippen molar-refractivity contribution >= 4 is 11.9 Å². The summed E-state index contributed by atoms with van der Waals surface area (Å²) >= 11 is 0. The third kappa shape index (κ3) is 4.69. The zero-order valence-corrected chi connectivity index (χ0v) is 11.5. The average Bonchev–Trinajstić information content (AvgIpc) is 2.28. The molecule has 1 rings (SSSR count). The SMILES string of the molecule is COC(=O)c1cc(F)ccc1CC(=O)OC(C)(C)C. The molecule has 0 radical (unpaired) electrons. The van der Waals surface area contributed by atoms with Crippen LogP contribution in [0.1, 0.15) is 36.7 Å². The van der Waals surface area contributed by atoms with Gasteiger partial charge < -0.3 is 9.47 Å². The molecule has 0 N–H and O–H groups in total. The van der Waals surface area contributed by atoms with Crippen molar-refractivity contribution in [2.75, 3.05) is 7.11 Å². The third-order valence-corrected chi connectivity index (χ3v) is 2.23. The first-order chi connectivity index (χ1) is 8.73. The van der Waals surface area contributed by atoms with Crippen molar-refractivity contribution in [2.24, 2.45) is 0 Å². The second kappa shape index (κ2) is 5.82. The standard InChI is InChI=1S/C14H17FO4/c1-14(2,3)19-12(16)7-9-5-6-10(15)8-11(9)13(17)18-4/h5-6,8H,7H2,1-4H3. The van der Waals surface area contributed by atoms with E-state index in [1.54, 1.807) is 20.8 Å². The van der Waals surface area contributed by atoms with Crippen LogP contribution in [0.15, 0.2) is 18.2 Å². The smallest absolute Gasteiger partial charge is 0.338 e. The zero-order valence-electron chi connectivity index (χ0n) is 11.5. The number of methoxy groups -OCH3 is 1. The van der Waals surface area contributed by atoms with Crippen LogP contribution in [0.2, 0.25) is 0 Å². The topological polar surface area (TPSA) is 52.6 Å². The molecule has 0 aromatic heterocycles. The molecule has 5 heteroatoms. The number of esters is 2. The molecule has 0 aliphatic heterocycles. The molecule has 1 aromatic carbocycles. The van der Waals surface area contributed by atoms with Crippen LogP contribution in [0.3, 0.4) is 0 Å². The van der Waals surface area contributed by atoms with Crippen molar-refractivity contribution in [1.29, 1.82) is 0 Å². The molecule has 0 saturated heterocycles. The molecule has 4 nitrogen and oxygen atoms in total. The van der Waals surface area contributed by atoms with Crippen LogP contribution in [-0.2, 0) is 20.7 Å². The molecule has 0 heterocycles. The molecule has 0 bridgehead atoms. The van der Waals surface area contributed by atoms with Gasteiger partial charge in [0.25, 0.3) is 0 Å². The second-order valence-electron chi connectivity index (χ2n) is 5.06. The Morgan fingerprint density at radius 1 is 1.26 bits per heavy atom. The quantitative estimate of drug-likeness (QED) is 0.790. The molecule has 0 atom stereocenters. The van der Waals surface area contributed by atoms with Crippen molar-refractivity contribution < 1.29 is 23.5 Å². The highest BCUT2D eigenvalue weighted by atomic mass is 19.1. The van der Waals surface area contributed by atoms with Gasteiger partial charge in [-0.2, -0.15) is 0 Å². The summed E-state index contributed by atoms with van der Waals surface area (Å²) in [6, 6.07) is 3.61. The Kier molecular flexibility index (Phi) is 4.64. The number of halogens is 1. The van der Waals surface area contributed by atoms with Gasteiger partial charge in [-0.1, -0.05) is 6.07 Å². The maximum Gasteiger partial charge on any atom is 0.338 e. The number of hydrogen-bond acceptors (Lipinski definition) is 4. The lowest BCUT2D eigenvalue weighted by Crippen LogP contribution is -2.25. The first kappa shape index (κ1) is 15.1. The average molecular weight is 268 g/mol. The number of hydrogen-bond donors (Lipinski definition) is 0. The van der Waals surface area contributed by atoms with Gasteiger partial charge in [-0.05, 0) is 38.5 Å². The maximum absolute atomic E-state index is 13.1. The van der Waals surface area contributed by atoms with E-state index in [0.717, 1.165) is 6.07 Å². The molecule has 0 saturated carbocycles. The Hall–Kier alpha value is -1.91. The fourth-order valence-corrected chi connectivity index (χ4v) is 1.54. The van der Waals surface area contributed by atoms with Crippen molar-refractivity contribution in [1.82, 2.24) is 0 Å².